The average Bonchev–Trinajstić information content (AvgIpc) is 2.66. The Morgan fingerprint density at radius 3 is 2.50 bits per heavy atom. The fourth-order valence-electron chi connectivity index (χ4n) is 2.18. The van der Waals surface area contributed by atoms with Gasteiger partial charge in [-0.05, 0) is 26.7 Å². The van der Waals surface area contributed by atoms with Crippen LogP contribution in [0, 0.1) is 0 Å². The molecule has 1 fully saturated rings. The lowest BCUT2D eigenvalue weighted by Gasteiger charge is -2.29. The first-order chi connectivity index (χ1) is 7.60. The van der Waals surface area contributed by atoms with E-state index in [0.29, 0.717) is 19.6 Å². The van der Waals surface area contributed by atoms with E-state index in [9.17, 15) is 9.59 Å². The lowest BCUT2D eigenvalue weighted by atomic mass is 10.1. The molecule has 5 heteroatoms. The topological polar surface area (TPSA) is 60.9 Å². The molecule has 16 heavy (non-hydrogen) atoms. The van der Waals surface area contributed by atoms with E-state index in [1.54, 1.807) is 9.80 Å². The Balaban J connectivity index is 2.63. The van der Waals surface area contributed by atoms with Crippen LogP contribution in [0.15, 0.2) is 0 Å². The van der Waals surface area contributed by atoms with E-state index in [1.165, 1.54) is 0 Å². The summed E-state index contributed by atoms with van der Waals surface area (Å²) >= 11 is 0. The zero-order valence-electron chi connectivity index (χ0n) is 9.98. The van der Waals surface area contributed by atoms with Crippen molar-refractivity contribution in [2.45, 2.75) is 39.2 Å². The molecule has 2 amide bonds. The molecule has 1 unspecified atom stereocenters. The molecule has 1 heterocycles. The first-order valence-electron chi connectivity index (χ1n) is 5.87. The Bertz CT molecular complexity index is 264. The SMILES string of the molecule is CCN(CC)C(=O)N1CCCC1CC(=O)O. The van der Waals surface area contributed by atoms with Gasteiger partial charge in [0.05, 0.1) is 6.42 Å². The Kier molecular flexibility index (Phi) is 4.58. The van der Waals surface area contributed by atoms with Crippen LogP contribution >= 0.6 is 0 Å². The third-order valence-electron chi connectivity index (χ3n) is 3.07. The highest BCUT2D eigenvalue weighted by Crippen LogP contribution is 2.21. The van der Waals surface area contributed by atoms with Gasteiger partial charge in [0, 0.05) is 25.7 Å². The zero-order valence-corrected chi connectivity index (χ0v) is 9.98. The van der Waals surface area contributed by atoms with Crippen molar-refractivity contribution in [3.8, 4) is 0 Å². The van der Waals surface area contributed by atoms with Crippen LogP contribution in [0.1, 0.15) is 33.1 Å². The number of rotatable bonds is 4. The van der Waals surface area contributed by atoms with Gasteiger partial charge < -0.3 is 14.9 Å². The summed E-state index contributed by atoms with van der Waals surface area (Å²) in [4.78, 5) is 26.2. The summed E-state index contributed by atoms with van der Waals surface area (Å²) in [6, 6.07) is -0.139. The number of urea groups is 1. The summed E-state index contributed by atoms with van der Waals surface area (Å²) in [6.45, 7) is 5.90. The molecule has 1 aliphatic rings. The zero-order chi connectivity index (χ0) is 12.1. The van der Waals surface area contributed by atoms with Gasteiger partial charge in [-0.1, -0.05) is 0 Å². The van der Waals surface area contributed by atoms with Crippen LogP contribution in [0.3, 0.4) is 0 Å². The van der Waals surface area contributed by atoms with Crippen LogP contribution in [0.25, 0.3) is 0 Å². The van der Waals surface area contributed by atoms with E-state index in [0.717, 1.165) is 12.8 Å². The van der Waals surface area contributed by atoms with Crippen LogP contribution in [-0.4, -0.2) is 52.6 Å². The number of carboxylic acids is 1. The van der Waals surface area contributed by atoms with Crippen molar-refractivity contribution in [1.82, 2.24) is 9.80 Å². The van der Waals surface area contributed by atoms with E-state index in [4.69, 9.17) is 5.11 Å². The molecule has 0 bridgehead atoms. The van der Waals surface area contributed by atoms with Crippen molar-refractivity contribution in [2.75, 3.05) is 19.6 Å². The van der Waals surface area contributed by atoms with Crippen LogP contribution in [0.5, 0.6) is 0 Å². The molecular weight excluding hydrogens is 208 g/mol. The van der Waals surface area contributed by atoms with Gasteiger partial charge in [0.2, 0.25) is 0 Å². The second-order valence-electron chi connectivity index (χ2n) is 4.04. The van der Waals surface area contributed by atoms with Crippen LogP contribution in [0.2, 0.25) is 0 Å². The third kappa shape index (κ3) is 2.87. The lowest BCUT2D eigenvalue weighted by molar-refractivity contribution is -0.138. The molecule has 0 aliphatic carbocycles. The minimum absolute atomic E-state index is 0.0197. The molecule has 0 saturated carbocycles. The summed E-state index contributed by atoms with van der Waals surface area (Å²) < 4.78 is 0. The highest BCUT2D eigenvalue weighted by Gasteiger charge is 2.32. The third-order valence-corrected chi connectivity index (χ3v) is 3.07. The van der Waals surface area contributed by atoms with Gasteiger partial charge in [-0.15, -0.1) is 0 Å². The fraction of sp³-hybridized carbons (Fsp3) is 0.818. The predicted octanol–water partition coefficient (Wildman–Crippen LogP) is 1.39. The molecule has 1 saturated heterocycles. The maximum atomic E-state index is 12.1. The summed E-state index contributed by atoms with van der Waals surface area (Å²) in [6.07, 6.45) is 1.78. The fourth-order valence-corrected chi connectivity index (χ4v) is 2.18. The molecule has 0 radical (unpaired) electrons. The van der Waals surface area contributed by atoms with Gasteiger partial charge in [-0.3, -0.25) is 4.79 Å². The van der Waals surface area contributed by atoms with Gasteiger partial charge in [0.1, 0.15) is 0 Å². The summed E-state index contributed by atoms with van der Waals surface area (Å²) in [5.41, 5.74) is 0. The van der Waals surface area contributed by atoms with E-state index in [1.807, 2.05) is 13.8 Å². The molecule has 0 aromatic rings. The summed E-state index contributed by atoms with van der Waals surface area (Å²) in [5, 5.41) is 8.77. The Morgan fingerprint density at radius 1 is 1.38 bits per heavy atom. The lowest BCUT2D eigenvalue weighted by Crippen LogP contribution is -2.45. The molecule has 0 spiro atoms. The molecule has 0 aromatic carbocycles. The number of nitrogens with zero attached hydrogens (tertiary/aromatic N) is 2. The van der Waals surface area contributed by atoms with E-state index < -0.39 is 5.97 Å². The summed E-state index contributed by atoms with van der Waals surface area (Å²) in [7, 11) is 0. The largest absolute Gasteiger partial charge is 0.481 e. The second kappa shape index (κ2) is 5.72. The number of carbonyl (C=O) groups excluding carboxylic acids is 1. The first kappa shape index (κ1) is 12.8. The molecule has 5 nitrogen and oxygen atoms in total. The molecular formula is C11H20N2O3. The number of amides is 2. The number of aliphatic carboxylic acids is 1. The number of hydrogen-bond donors (Lipinski definition) is 1. The number of likely N-dealkylation sites (tertiary alicyclic amines) is 1. The number of carbonyl (C=O) groups is 2. The van der Waals surface area contributed by atoms with Crippen LogP contribution in [-0.2, 0) is 4.79 Å². The first-order valence-corrected chi connectivity index (χ1v) is 5.87. The molecule has 92 valence electrons. The Morgan fingerprint density at radius 2 is 2.00 bits per heavy atom. The molecule has 1 rings (SSSR count). The van der Waals surface area contributed by atoms with E-state index in [2.05, 4.69) is 0 Å². The highest BCUT2D eigenvalue weighted by atomic mass is 16.4. The minimum atomic E-state index is -0.829. The van der Waals surface area contributed by atoms with Gasteiger partial charge in [-0.25, -0.2) is 4.79 Å². The van der Waals surface area contributed by atoms with Crippen LogP contribution in [0.4, 0.5) is 4.79 Å². The van der Waals surface area contributed by atoms with Crippen LogP contribution < -0.4 is 0 Å². The Hall–Kier alpha value is -1.26. The van der Waals surface area contributed by atoms with Gasteiger partial charge in [0.15, 0.2) is 0 Å². The number of hydrogen-bond acceptors (Lipinski definition) is 2. The second-order valence-corrected chi connectivity index (χ2v) is 4.04. The highest BCUT2D eigenvalue weighted by molar-refractivity contribution is 5.76. The Labute approximate surface area is 96.0 Å². The van der Waals surface area contributed by atoms with Crippen molar-refractivity contribution in [3.05, 3.63) is 0 Å². The normalized spacial score (nSPS) is 19.9. The van der Waals surface area contributed by atoms with Crippen molar-refractivity contribution < 1.29 is 14.7 Å². The van der Waals surface area contributed by atoms with Gasteiger partial charge >= 0.3 is 12.0 Å². The average molecular weight is 228 g/mol. The van der Waals surface area contributed by atoms with E-state index in [-0.39, 0.29) is 18.5 Å². The van der Waals surface area contributed by atoms with Crippen molar-refractivity contribution in [3.63, 3.8) is 0 Å². The smallest absolute Gasteiger partial charge is 0.320 e. The molecule has 1 N–H and O–H groups in total. The maximum absolute atomic E-state index is 12.1. The van der Waals surface area contributed by atoms with Crippen molar-refractivity contribution in [1.29, 1.82) is 0 Å². The standard InChI is InChI=1S/C11H20N2O3/c1-3-12(4-2)11(16)13-7-5-6-9(13)8-10(14)15/h9H,3-8H2,1-2H3,(H,14,15). The van der Waals surface area contributed by atoms with Gasteiger partial charge in [-0.2, -0.15) is 0 Å². The predicted molar refractivity (Wildman–Crippen MR) is 60.3 cm³/mol. The number of carboxylic acid groups (broad SMARTS) is 1. The quantitative estimate of drug-likeness (QED) is 0.791. The molecule has 0 aromatic heterocycles. The van der Waals surface area contributed by atoms with Gasteiger partial charge in [0.25, 0.3) is 0 Å². The van der Waals surface area contributed by atoms with E-state index >= 15 is 0 Å². The molecule has 1 atom stereocenters. The summed E-state index contributed by atoms with van der Waals surface area (Å²) in [5.74, 6) is -0.829. The minimum Gasteiger partial charge on any atom is -0.481 e. The van der Waals surface area contributed by atoms with Crippen molar-refractivity contribution >= 4 is 12.0 Å². The monoisotopic (exact) mass is 228 g/mol. The molecule has 1 aliphatic heterocycles. The maximum Gasteiger partial charge on any atom is 0.320 e. The van der Waals surface area contributed by atoms with Crippen molar-refractivity contribution in [2.24, 2.45) is 0 Å².